The van der Waals surface area contributed by atoms with Gasteiger partial charge in [-0.2, -0.15) is 0 Å². The molecule has 0 aromatic heterocycles. The molecule has 2 fully saturated rings. The number of alkyl carbamates (subject to hydrolysis) is 1. The third-order valence-corrected chi connectivity index (χ3v) is 7.30. The number of hydrogen-bond acceptors (Lipinski definition) is 4. The molecule has 2 aromatic rings. The number of carbonyl (C=O) groups is 3. The molecule has 1 saturated carbocycles. The van der Waals surface area contributed by atoms with Crippen LogP contribution < -0.4 is 5.32 Å². The Morgan fingerprint density at radius 3 is 2.15 bits per heavy atom. The Bertz CT molecular complexity index is 1080. The summed E-state index contributed by atoms with van der Waals surface area (Å²) in [6.07, 6.45) is 0.528. The zero-order valence-corrected chi connectivity index (χ0v) is 18.8. The van der Waals surface area contributed by atoms with Gasteiger partial charge in [0.2, 0.25) is 5.91 Å². The van der Waals surface area contributed by atoms with Gasteiger partial charge in [0.15, 0.2) is 0 Å². The van der Waals surface area contributed by atoms with Crippen LogP contribution in [0.15, 0.2) is 48.5 Å². The Labute approximate surface area is 192 Å². The second-order valence-electron chi connectivity index (χ2n) is 10.0. The van der Waals surface area contributed by atoms with E-state index in [1.165, 1.54) is 16.0 Å². The summed E-state index contributed by atoms with van der Waals surface area (Å²) in [7, 11) is 0. The number of likely N-dealkylation sites (tertiary alicyclic amines) is 1. The molecule has 172 valence electrons. The first-order valence-corrected chi connectivity index (χ1v) is 11.4. The standard InChI is InChI=1S/C26H28N2O5/c1-26(2)14-28(22(26)24(30)31)23(29)15-11-16(12-15)27-25(32)33-13-21-19-9-5-3-7-17(19)18-8-4-6-10-20(18)21/h3-10,15-16,21-22H,11-14H2,1-2H3,(H,27,32)(H,30,31). The fourth-order valence-electron chi connectivity index (χ4n) is 5.58. The van der Waals surface area contributed by atoms with Gasteiger partial charge >= 0.3 is 12.1 Å². The first-order valence-electron chi connectivity index (χ1n) is 11.4. The third kappa shape index (κ3) is 3.65. The quantitative estimate of drug-likeness (QED) is 0.728. The van der Waals surface area contributed by atoms with Crippen LogP contribution in [0.25, 0.3) is 11.1 Å². The number of nitrogens with one attached hydrogen (secondary N) is 1. The number of ether oxygens (including phenoxy) is 1. The Morgan fingerprint density at radius 2 is 1.61 bits per heavy atom. The number of aliphatic carboxylic acids is 1. The van der Waals surface area contributed by atoms with Gasteiger partial charge in [0.25, 0.3) is 0 Å². The molecule has 1 saturated heterocycles. The molecule has 2 aliphatic carbocycles. The van der Waals surface area contributed by atoms with Crippen molar-refractivity contribution in [2.24, 2.45) is 11.3 Å². The largest absolute Gasteiger partial charge is 0.480 e. The molecule has 1 atom stereocenters. The summed E-state index contributed by atoms with van der Waals surface area (Å²) in [4.78, 5) is 38.1. The van der Waals surface area contributed by atoms with Gasteiger partial charge in [0.05, 0.1) is 0 Å². The minimum absolute atomic E-state index is 0.00147. The lowest BCUT2D eigenvalue weighted by molar-refractivity contribution is -0.175. The number of carboxylic acid groups (broad SMARTS) is 1. The van der Waals surface area contributed by atoms with E-state index in [2.05, 4.69) is 29.6 Å². The van der Waals surface area contributed by atoms with Crippen LogP contribution in [0.1, 0.15) is 43.7 Å². The maximum absolute atomic E-state index is 12.7. The molecular weight excluding hydrogens is 420 g/mol. The summed E-state index contributed by atoms with van der Waals surface area (Å²) in [6, 6.07) is 15.4. The van der Waals surface area contributed by atoms with E-state index in [9.17, 15) is 19.5 Å². The molecule has 7 heteroatoms. The van der Waals surface area contributed by atoms with Gasteiger partial charge in [-0.05, 0) is 35.1 Å². The predicted molar refractivity (Wildman–Crippen MR) is 122 cm³/mol. The maximum atomic E-state index is 12.7. The highest BCUT2D eigenvalue weighted by atomic mass is 16.5. The number of carbonyl (C=O) groups excluding carboxylic acids is 2. The molecule has 1 aliphatic heterocycles. The first kappa shape index (κ1) is 21.5. The number of rotatable bonds is 5. The minimum atomic E-state index is -0.966. The van der Waals surface area contributed by atoms with Crippen LogP contribution >= 0.6 is 0 Å². The molecule has 1 unspecified atom stereocenters. The van der Waals surface area contributed by atoms with Gasteiger partial charge in [0.1, 0.15) is 12.6 Å². The lowest BCUT2D eigenvalue weighted by atomic mass is 9.72. The van der Waals surface area contributed by atoms with Crippen molar-refractivity contribution >= 4 is 18.0 Å². The third-order valence-electron chi connectivity index (χ3n) is 7.30. The van der Waals surface area contributed by atoms with Crippen LogP contribution in [0.3, 0.4) is 0 Å². The fourth-order valence-corrected chi connectivity index (χ4v) is 5.58. The van der Waals surface area contributed by atoms with Crippen molar-refractivity contribution in [3.8, 4) is 11.1 Å². The fraction of sp³-hybridized carbons (Fsp3) is 0.423. The van der Waals surface area contributed by atoms with Gasteiger partial charge in [-0.15, -0.1) is 0 Å². The van der Waals surface area contributed by atoms with Gasteiger partial charge in [-0.1, -0.05) is 62.4 Å². The molecule has 33 heavy (non-hydrogen) atoms. The van der Waals surface area contributed by atoms with Crippen molar-refractivity contribution in [2.75, 3.05) is 13.2 Å². The molecule has 1 heterocycles. The second kappa shape index (κ2) is 7.90. The summed E-state index contributed by atoms with van der Waals surface area (Å²) in [5.74, 6) is -1.34. The van der Waals surface area contributed by atoms with Crippen molar-refractivity contribution in [1.29, 1.82) is 0 Å². The van der Waals surface area contributed by atoms with Gasteiger partial charge in [-0.25, -0.2) is 9.59 Å². The van der Waals surface area contributed by atoms with Crippen LogP contribution in [0.2, 0.25) is 0 Å². The molecule has 0 radical (unpaired) electrons. The number of fused-ring (bicyclic) bond motifs is 3. The highest BCUT2D eigenvalue weighted by Crippen LogP contribution is 2.44. The van der Waals surface area contributed by atoms with Crippen molar-refractivity contribution < 1.29 is 24.2 Å². The predicted octanol–water partition coefficient (Wildman–Crippen LogP) is 3.63. The minimum Gasteiger partial charge on any atom is -0.480 e. The highest BCUT2D eigenvalue weighted by molar-refractivity contribution is 5.88. The van der Waals surface area contributed by atoms with E-state index in [0.717, 1.165) is 11.1 Å². The van der Waals surface area contributed by atoms with E-state index in [1.807, 2.05) is 38.1 Å². The van der Waals surface area contributed by atoms with E-state index in [-0.39, 0.29) is 30.4 Å². The molecule has 3 aliphatic rings. The normalized spacial score (nSPS) is 24.7. The van der Waals surface area contributed by atoms with Gasteiger partial charge in [-0.3, -0.25) is 4.79 Å². The molecule has 2 N–H and O–H groups in total. The molecular formula is C26H28N2O5. The van der Waals surface area contributed by atoms with Crippen LogP contribution in [-0.2, 0) is 14.3 Å². The average Bonchev–Trinajstić information content (AvgIpc) is 3.06. The zero-order valence-electron chi connectivity index (χ0n) is 18.8. The van der Waals surface area contributed by atoms with Crippen molar-refractivity contribution in [3.05, 3.63) is 59.7 Å². The summed E-state index contributed by atoms with van der Waals surface area (Å²) in [5.41, 5.74) is 4.26. The monoisotopic (exact) mass is 448 g/mol. The average molecular weight is 449 g/mol. The van der Waals surface area contributed by atoms with Crippen LogP contribution in [0.5, 0.6) is 0 Å². The second-order valence-corrected chi connectivity index (χ2v) is 10.0. The first-order chi connectivity index (χ1) is 15.8. The maximum Gasteiger partial charge on any atom is 0.407 e. The van der Waals surface area contributed by atoms with Gasteiger partial charge in [0, 0.05) is 29.8 Å². The summed E-state index contributed by atoms with van der Waals surface area (Å²) in [6.45, 7) is 4.41. The number of hydrogen-bond donors (Lipinski definition) is 2. The Morgan fingerprint density at radius 1 is 1.03 bits per heavy atom. The highest BCUT2D eigenvalue weighted by Gasteiger charge is 2.54. The van der Waals surface area contributed by atoms with Crippen molar-refractivity contribution in [3.63, 3.8) is 0 Å². The number of carboxylic acids is 1. The van der Waals surface area contributed by atoms with E-state index in [1.54, 1.807) is 0 Å². The van der Waals surface area contributed by atoms with Crippen LogP contribution in [0.4, 0.5) is 4.79 Å². The lowest BCUT2D eigenvalue weighted by Crippen LogP contribution is -2.69. The molecule has 7 nitrogen and oxygen atoms in total. The van der Waals surface area contributed by atoms with E-state index in [0.29, 0.717) is 19.4 Å². The lowest BCUT2D eigenvalue weighted by Gasteiger charge is -2.53. The van der Waals surface area contributed by atoms with Crippen molar-refractivity contribution in [1.82, 2.24) is 10.2 Å². The van der Waals surface area contributed by atoms with Crippen LogP contribution in [-0.4, -0.2) is 53.2 Å². The zero-order chi connectivity index (χ0) is 23.3. The van der Waals surface area contributed by atoms with Gasteiger partial charge < -0.3 is 20.1 Å². The molecule has 0 spiro atoms. The van der Waals surface area contributed by atoms with Crippen LogP contribution in [0, 0.1) is 11.3 Å². The Kier molecular flexibility index (Phi) is 5.15. The van der Waals surface area contributed by atoms with Crippen molar-refractivity contribution in [2.45, 2.75) is 44.7 Å². The van der Waals surface area contributed by atoms with E-state index >= 15 is 0 Å². The molecule has 0 bridgehead atoms. The smallest absolute Gasteiger partial charge is 0.407 e. The number of amides is 2. The summed E-state index contributed by atoms with van der Waals surface area (Å²) in [5, 5.41) is 12.3. The van der Waals surface area contributed by atoms with E-state index in [4.69, 9.17) is 4.74 Å². The topological polar surface area (TPSA) is 95.9 Å². The Hall–Kier alpha value is -3.35. The summed E-state index contributed by atoms with van der Waals surface area (Å²) >= 11 is 0. The number of benzene rings is 2. The Balaban J connectivity index is 1.13. The summed E-state index contributed by atoms with van der Waals surface area (Å²) < 4.78 is 5.57. The number of nitrogens with zero attached hydrogens (tertiary/aromatic N) is 1. The molecule has 2 amide bonds. The van der Waals surface area contributed by atoms with E-state index < -0.39 is 23.5 Å². The molecule has 2 aromatic carbocycles. The molecule has 5 rings (SSSR count). The SMILES string of the molecule is CC1(C)CN(C(=O)C2CC(NC(=O)OCC3c4ccccc4-c4ccccc43)C2)C1C(=O)O.